The van der Waals surface area contributed by atoms with Crippen LogP contribution in [0.3, 0.4) is 0 Å². The number of rotatable bonds is 12. The van der Waals surface area contributed by atoms with Gasteiger partial charge in [-0.3, -0.25) is 0 Å². The second-order valence-electron chi connectivity index (χ2n) is 17.8. The van der Waals surface area contributed by atoms with Gasteiger partial charge in [-0.2, -0.15) is 0 Å². The number of hydrogen-bond acceptors (Lipinski definition) is 3. The summed E-state index contributed by atoms with van der Waals surface area (Å²) in [6.45, 7) is 8.09. The first-order valence-electron chi connectivity index (χ1n) is 24.2. The number of furan rings is 1. The zero-order valence-electron chi connectivity index (χ0n) is 39.3. The molecule has 5 heteroatoms. The molecule has 0 fully saturated rings. The summed E-state index contributed by atoms with van der Waals surface area (Å²) in [6, 6.07) is 71.0. The molecule has 1 aliphatic rings. The second kappa shape index (κ2) is 18.6. The average Bonchev–Trinajstić information content (AvgIpc) is 4.07. The molecule has 3 aromatic heterocycles. The number of fused-ring (bicyclic) bond motifs is 8. The van der Waals surface area contributed by atoms with Crippen LogP contribution in [0.25, 0.3) is 79.6 Å². The summed E-state index contributed by atoms with van der Waals surface area (Å²) in [6.07, 6.45) is 20.6. The lowest BCUT2D eigenvalue weighted by Crippen LogP contribution is -2.30. The predicted molar refractivity (Wildman–Crippen MR) is 301 cm³/mol. The number of hydrogen-bond donors (Lipinski definition) is 0. The maximum atomic E-state index is 7.20. The summed E-state index contributed by atoms with van der Waals surface area (Å²) >= 11 is 0. The second-order valence-corrected chi connectivity index (χ2v) is 17.8. The van der Waals surface area contributed by atoms with E-state index in [0.29, 0.717) is 0 Å². The molecule has 0 unspecified atom stereocenters. The SMILES string of the molecule is C=C/C=C\C=C/n1c2c(c3ccccc31)C=C(c1ccc(-n3c(=C/C=C)/c(=C\N(c4ccccc4)c4ccccc4)c4ccc5c6ccc(N(c7ccccc7)c7ccccc7)cc6oc5c43)cc1)CC2. The maximum absolute atomic E-state index is 7.20. The van der Waals surface area contributed by atoms with E-state index in [4.69, 9.17) is 4.42 Å². The van der Waals surface area contributed by atoms with Crippen LogP contribution in [0.5, 0.6) is 0 Å². The van der Waals surface area contributed by atoms with Gasteiger partial charge in [0.05, 0.1) is 16.4 Å². The van der Waals surface area contributed by atoms with Crippen molar-refractivity contribution >= 4 is 102 Å². The monoisotopic (exact) mass is 914 g/mol. The van der Waals surface area contributed by atoms with Gasteiger partial charge in [0.2, 0.25) is 0 Å². The molecule has 8 aromatic carbocycles. The largest absolute Gasteiger partial charge is 0.454 e. The smallest absolute Gasteiger partial charge is 0.160 e. The van der Waals surface area contributed by atoms with Gasteiger partial charge in [-0.1, -0.05) is 147 Å². The van der Waals surface area contributed by atoms with Crippen molar-refractivity contribution in [3.05, 3.63) is 271 Å². The van der Waals surface area contributed by atoms with Crippen LogP contribution < -0.4 is 20.4 Å². The molecule has 12 rings (SSSR count). The van der Waals surface area contributed by atoms with Crippen LogP contribution >= 0.6 is 0 Å². The number of benzene rings is 8. The minimum Gasteiger partial charge on any atom is -0.454 e. The summed E-state index contributed by atoms with van der Waals surface area (Å²) < 4.78 is 11.9. The number of nitrogens with zero attached hydrogens (tertiary/aromatic N) is 4. The van der Waals surface area contributed by atoms with E-state index in [1.54, 1.807) is 6.08 Å². The first-order valence-corrected chi connectivity index (χ1v) is 24.2. The highest BCUT2D eigenvalue weighted by atomic mass is 16.3. The third-order valence-electron chi connectivity index (χ3n) is 13.6. The van der Waals surface area contributed by atoms with Crippen molar-refractivity contribution in [3.63, 3.8) is 0 Å². The van der Waals surface area contributed by atoms with Gasteiger partial charge in [0.25, 0.3) is 0 Å². The van der Waals surface area contributed by atoms with E-state index in [9.17, 15) is 0 Å². The molecule has 0 aliphatic heterocycles. The zero-order valence-corrected chi connectivity index (χ0v) is 39.3. The Kier molecular flexibility index (Phi) is 11.3. The van der Waals surface area contributed by atoms with Crippen molar-refractivity contribution in [3.8, 4) is 5.69 Å². The quantitative estimate of drug-likeness (QED) is 0.114. The lowest BCUT2D eigenvalue weighted by molar-refractivity contribution is 0.671. The predicted octanol–water partition coefficient (Wildman–Crippen LogP) is 16.2. The van der Waals surface area contributed by atoms with Crippen LogP contribution in [0.4, 0.5) is 28.4 Å². The minimum absolute atomic E-state index is 0.814. The molecular formula is C66H50N4O. The maximum Gasteiger partial charge on any atom is 0.160 e. The Bertz CT molecular complexity index is 3920. The molecule has 1 aliphatic carbocycles. The van der Waals surface area contributed by atoms with E-state index in [1.807, 2.05) is 18.2 Å². The van der Waals surface area contributed by atoms with Crippen LogP contribution in [0.2, 0.25) is 0 Å². The Hall–Kier alpha value is -9.32. The Morgan fingerprint density at radius 3 is 1.80 bits per heavy atom. The molecular weight excluding hydrogens is 865 g/mol. The molecule has 0 saturated heterocycles. The number of aromatic nitrogens is 2. The standard InChI is InChI=1S/C66H50N4O/c1-3-5-6-21-43-67-61-32-20-19-31-55(61)59-44-48(35-42-62(59)67)47-33-36-53(37-34-47)70-63(22-4-2)60(46-68(49-23-11-7-12-24-49)50-25-13-8-14-26-50)57-40-41-58-56-39-38-54(45-64(56)71-66(58)65(57)70)69(51-27-15-9-16-28-51)52-29-17-10-18-30-52/h3-34,36-41,43-46H,1-2,35,42H2/b6-5-,43-21-,60-46-,63-22+. The van der Waals surface area contributed by atoms with Crippen molar-refractivity contribution in [1.29, 1.82) is 0 Å². The first kappa shape index (κ1) is 43.0. The molecule has 0 amide bonds. The van der Waals surface area contributed by atoms with Crippen molar-refractivity contribution in [2.24, 2.45) is 0 Å². The molecule has 11 aromatic rings. The van der Waals surface area contributed by atoms with E-state index < -0.39 is 0 Å². The van der Waals surface area contributed by atoms with E-state index >= 15 is 0 Å². The van der Waals surface area contributed by atoms with Crippen LogP contribution in [0.15, 0.2) is 248 Å². The van der Waals surface area contributed by atoms with Gasteiger partial charge in [-0.15, -0.1) is 0 Å². The number of allylic oxidation sites excluding steroid dienone is 6. The third-order valence-corrected chi connectivity index (χ3v) is 13.6. The van der Waals surface area contributed by atoms with E-state index in [-0.39, 0.29) is 0 Å². The van der Waals surface area contributed by atoms with Crippen LogP contribution in [-0.4, -0.2) is 9.13 Å². The topological polar surface area (TPSA) is 29.5 Å². The number of anilines is 5. The lowest BCUT2D eigenvalue weighted by atomic mass is 9.91. The Labute approximate surface area is 413 Å². The fraction of sp³-hybridized carbons (Fsp3) is 0.0303. The molecule has 0 spiro atoms. The van der Waals surface area contributed by atoms with Crippen LogP contribution in [0.1, 0.15) is 23.2 Å². The fourth-order valence-electron chi connectivity index (χ4n) is 10.4. The summed E-state index contributed by atoms with van der Waals surface area (Å²) in [5, 5.41) is 6.47. The molecule has 5 nitrogen and oxygen atoms in total. The molecule has 0 atom stereocenters. The molecule has 0 saturated carbocycles. The third kappa shape index (κ3) is 7.80. The summed E-state index contributed by atoms with van der Waals surface area (Å²) in [5.74, 6) is 0. The summed E-state index contributed by atoms with van der Waals surface area (Å²) in [7, 11) is 0. The van der Waals surface area contributed by atoms with E-state index in [1.165, 1.54) is 33.3 Å². The lowest BCUT2D eigenvalue weighted by Gasteiger charge is -2.25. The van der Waals surface area contributed by atoms with Gasteiger partial charge in [-0.25, -0.2) is 0 Å². The zero-order chi connectivity index (χ0) is 47.7. The summed E-state index contributed by atoms with van der Waals surface area (Å²) in [4.78, 5) is 4.55. The van der Waals surface area contributed by atoms with E-state index in [2.05, 4.69) is 263 Å². The molecule has 3 heterocycles. The fourth-order valence-corrected chi connectivity index (χ4v) is 10.4. The van der Waals surface area contributed by atoms with Gasteiger partial charge in [0, 0.05) is 90.6 Å². The highest BCUT2D eigenvalue weighted by Gasteiger charge is 2.23. The molecule has 0 N–H and O–H groups in total. The normalized spacial score (nSPS) is 13.2. The molecule has 0 bridgehead atoms. The van der Waals surface area contributed by atoms with Gasteiger partial charge < -0.3 is 23.4 Å². The van der Waals surface area contributed by atoms with Crippen molar-refractivity contribution in [1.82, 2.24) is 9.13 Å². The minimum atomic E-state index is 0.814. The Morgan fingerprint density at radius 2 is 1.14 bits per heavy atom. The Balaban J connectivity index is 1.06. The number of para-hydroxylation sites is 5. The van der Waals surface area contributed by atoms with Crippen molar-refractivity contribution in [2.75, 3.05) is 9.80 Å². The van der Waals surface area contributed by atoms with Crippen molar-refractivity contribution in [2.45, 2.75) is 12.8 Å². The highest BCUT2D eigenvalue weighted by molar-refractivity contribution is 6.15. The van der Waals surface area contributed by atoms with Gasteiger partial charge in [0.1, 0.15) is 5.58 Å². The van der Waals surface area contributed by atoms with Gasteiger partial charge >= 0.3 is 0 Å². The molecule has 71 heavy (non-hydrogen) atoms. The van der Waals surface area contributed by atoms with Crippen LogP contribution in [0, 0.1) is 0 Å². The molecule has 0 radical (unpaired) electrons. The highest BCUT2D eigenvalue weighted by Crippen LogP contribution is 2.41. The van der Waals surface area contributed by atoms with E-state index in [0.717, 1.165) is 90.4 Å². The summed E-state index contributed by atoms with van der Waals surface area (Å²) in [5.41, 5.74) is 15.3. The Morgan fingerprint density at radius 1 is 0.521 bits per heavy atom. The average molecular weight is 915 g/mol. The molecule has 340 valence electrons. The van der Waals surface area contributed by atoms with Crippen LogP contribution in [-0.2, 0) is 6.42 Å². The van der Waals surface area contributed by atoms with Crippen molar-refractivity contribution < 1.29 is 4.42 Å². The van der Waals surface area contributed by atoms with Gasteiger partial charge in [-0.05, 0) is 127 Å². The first-order chi connectivity index (χ1) is 35.2. The van der Waals surface area contributed by atoms with Gasteiger partial charge in [0.15, 0.2) is 5.58 Å².